The summed E-state index contributed by atoms with van der Waals surface area (Å²) in [6.07, 6.45) is 2.33. The van der Waals surface area contributed by atoms with Gasteiger partial charge in [-0.2, -0.15) is 0 Å². The number of carbonyl (C=O) groups excluding carboxylic acids is 1. The summed E-state index contributed by atoms with van der Waals surface area (Å²) in [6, 6.07) is 4.57. The second-order valence-corrected chi connectivity index (χ2v) is 6.35. The summed E-state index contributed by atoms with van der Waals surface area (Å²) in [6.45, 7) is 4.87. The van der Waals surface area contributed by atoms with Gasteiger partial charge in [-0.05, 0) is 31.2 Å². The summed E-state index contributed by atoms with van der Waals surface area (Å²) in [5.74, 6) is 0. The van der Waals surface area contributed by atoms with Crippen molar-refractivity contribution < 1.29 is 9.53 Å². The number of halogens is 1. The number of morpholine rings is 1. The quantitative estimate of drug-likeness (QED) is 0.708. The number of H-pyrrole nitrogens is 1. The Labute approximate surface area is 150 Å². The van der Waals surface area contributed by atoms with Gasteiger partial charge in [0.1, 0.15) is 5.69 Å². The first kappa shape index (κ1) is 17.7. The predicted octanol–water partition coefficient (Wildman–Crippen LogP) is 2.03. The number of benzene rings is 1. The number of aromatic nitrogens is 1. The largest absolute Gasteiger partial charge is 0.379 e. The van der Waals surface area contributed by atoms with Crippen LogP contribution in [-0.4, -0.2) is 55.3 Å². The zero-order valence-electron chi connectivity index (χ0n) is 13.8. The predicted molar refractivity (Wildman–Crippen MR) is 98.5 cm³/mol. The molecule has 3 N–H and O–H groups in total. The Balaban J connectivity index is 1.50. The lowest BCUT2D eigenvalue weighted by Crippen LogP contribution is -2.38. The average molecular weight is 365 g/mol. The van der Waals surface area contributed by atoms with E-state index >= 15 is 0 Å². The van der Waals surface area contributed by atoms with Gasteiger partial charge in [-0.1, -0.05) is 11.6 Å². The number of carbonyl (C=O) groups is 1. The van der Waals surface area contributed by atoms with Crippen LogP contribution >= 0.6 is 11.6 Å². The number of nitrogens with one attached hydrogen (secondary N) is 3. The van der Waals surface area contributed by atoms with Gasteiger partial charge in [-0.15, -0.1) is 0 Å². The number of hydrogen-bond acceptors (Lipinski definition) is 4. The zero-order chi connectivity index (χ0) is 17.6. The Kier molecular flexibility index (Phi) is 5.91. The first-order valence-corrected chi connectivity index (χ1v) is 8.67. The molecule has 1 saturated heterocycles. The van der Waals surface area contributed by atoms with Crippen LogP contribution in [0.1, 0.15) is 6.42 Å². The Hall–Kier alpha value is -2.09. The molecule has 2 aromatic rings. The van der Waals surface area contributed by atoms with E-state index in [2.05, 4.69) is 20.5 Å². The van der Waals surface area contributed by atoms with Crippen molar-refractivity contribution >= 4 is 34.2 Å². The maximum Gasteiger partial charge on any atom is 0.319 e. The van der Waals surface area contributed by atoms with Crippen LogP contribution in [0.25, 0.3) is 10.9 Å². The van der Waals surface area contributed by atoms with Gasteiger partial charge in [0, 0.05) is 36.2 Å². The van der Waals surface area contributed by atoms with Crippen LogP contribution < -0.4 is 16.1 Å². The fraction of sp³-hybridized carbons (Fsp3) is 0.412. The molecule has 134 valence electrons. The minimum atomic E-state index is -0.388. The summed E-state index contributed by atoms with van der Waals surface area (Å²) in [7, 11) is 0. The van der Waals surface area contributed by atoms with E-state index in [0.717, 1.165) is 39.3 Å². The normalized spacial score (nSPS) is 15.2. The van der Waals surface area contributed by atoms with Crippen molar-refractivity contribution in [2.24, 2.45) is 0 Å². The molecule has 1 aliphatic heterocycles. The molecule has 0 aliphatic carbocycles. The summed E-state index contributed by atoms with van der Waals surface area (Å²) >= 11 is 5.91. The highest BCUT2D eigenvalue weighted by Gasteiger charge is 2.11. The van der Waals surface area contributed by atoms with Crippen LogP contribution in [0.15, 0.2) is 29.2 Å². The molecule has 1 aliphatic rings. The number of aromatic amines is 1. The average Bonchev–Trinajstić information content (AvgIpc) is 2.62. The molecule has 0 atom stereocenters. The molecule has 1 aromatic carbocycles. The third-order valence-corrected chi connectivity index (χ3v) is 4.37. The third kappa shape index (κ3) is 4.72. The van der Waals surface area contributed by atoms with Crippen LogP contribution in [0.2, 0.25) is 5.02 Å². The Bertz CT molecular complexity index is 802. The van der Waals surface area contributed by atoms with E-state index < -0.39 is 0 Å². The van der Waals surface area contributed by atoms with Gasteiger partial charge < -0.3 is 20.4 Å². The molecular formula is C17H21ClN4O3. The number of amides is 2. The fourth-order valence-electron chi connectivity index (χ4n) is 2.78. The number of fused-ring (bicyclic) bond motifs is 1. The molecule has 7 nitrogen and oxygen atoms in total. The van der Waals surface area contributed by atoms with Crippen molar-refractivity contribution in [1.82, 2.24) is 15.2 Å². The van der Waals surface area contributed by atoms with Gasteiger partial charge in [0.25, 0.3) is 0 Å². The number of anilines is 1. The van der Waals surface area contributed by atoms with Crippen LogP contribution in [0.4, 0.5) is 10.5 Å². The van der Waals surface area contributed by atoms with Crippen molar-refractivity contribution in [3.63, 3.8) is 0 Å². The van der Waals surface area contributed by atoms with Gasteiger partial charge in [0.05, 0.1) is 18.7 Å². The summed E-state index contributed by atoms with van der Waals surface area (Å²) in [4.78, 5) is 29.6. The van der Waals surface area contributed by atoms with Crippen molar-refractivity contribution in [3.05, 3.63) is 39.6 Å². The van der Waals surface area contributed by atoms with E-state index in [1.54, 1.807) is 18.2 Å². The van der Waals surface area contributed by atoms with E-state index in [1.807, 2.05) is 0 Å². The van der Waals surface area contributed by atoms with Crippen LogP contribution in [0, 0.1) is 0 Å². The molecule has 2 heterocycles. The number of ether oxygens (including phenoxy) is 1. The highest BCUT2D eigenvalue weighted by atomic mass is 35.5. The van der Waals surface area contributed by atoms with E-state index in [4.69, 9.17) is 16.3 Å². The number of pyridine rings is 1. The number of urea groups is 1. The topological polar surface area (TPSA) is 86.5 Å². The molecule has 1 aromatic heterocycles. The molecule has 8 heteroatoms. The van der Waals surface area contributed by atoms with Crippen molar-refractivity contribution in [2.45, 2.75) is 6.42 Å². The second kappa shape index (κ2) is 8.33. The molecule has 0 unspecified atom stereocenters. The molecule has 0 saturated carbocycles. The third-order valence-electron chi connectivity index (χ3n) is 4.13. The Morgan fingerprint density at radius 3 is 2.92 bits per heavy atom. The molecule has 0 bridgehead atoms. The molecule has 0 radical (unpaired) electrons. The number of rotatable bonds is 5. The van der Waals surface area contributed by atoms with E-state index in [-0.39, 0.29) is 17.1 Å². The monoisotopic (exact) mass is 364 g/mol. The molecule has 3 rings (SSSR count). The number of nitrogens with zero attached hydrogens (tertiary/aromatic N) is 1. The number of hydrogen-bond donors (Lipinski definition) is 3. The first-order valence-electron chi connectivity index (χ1n) is 8.29. The Morgan fingerprint density at radius 2 is 2.12 bits per heavy atom. The fourth-order valence-corrected chi connectivity index (χ4v) is 2.96. The highest BCUT2D eigenvalue weighted by Crippen LogP contribution is 2.16. The molecule has 1 fully saturated rings. The lowest BCUT2D eigenvalue weighted by atomic mass is 10.2. The minimum absolute atomic E-state index is 0.209. The second-order valence-electron chi connectivity index (χ2n) is 5.91. The molecule has 0 spiro atoms. The van der Waals surface area contributed by atoms with Gasteiger partial charge in [-0.25, -0.2) is 4.79 Å². The van der Waals surface area contributed by atoms with Crippen LogP contribution in [0.5, 0.6) is 0 Å². The Morgan fingerprint density at radius 1 is 1.32 bits per heavy atom. The van der Waals surface area contributed by atoms with Gasteiger partial charge in [0.15, 0.2) is 0 Å². The van der Waals surface area contributed by atoms with Gasteiger partial charge >= 0.3 is 6.03 Å². The van der Waals surface area contributed by atoms with E-state index in [9.17, 15) is 9.59 Å². The smallest absolute Gasteiger partial charge is 0.319 e. The summed E-state index contributed by atoms with van der Waals surface area (Å²) in [5, 5.41) is 6.39. The van der Waals surface area contributed by atoms with Crippen LogP contribution in [-0.2, 0) is 4.74 Å². The maximum atomic E-state index is 12.4. The first-order chi connectivity index (χ1) is 12.1. The van der Waals surface area contributed by atoms with E-state index in [0.29, 0.717) is 22.5 Å². The highest BCUT2D eigenvalue weighted by molar-refractivity contribution is 6.31. The minimum Gasteiger partial charge on any atom is -0.379 e. The van der Waals surface area contributed by atoms with Crippen LogP contribution in [0.3, 0.4) is 0 Å². The molecule has 2 amide bonds. The SMILES string of the molecule is O=C(NCCCN1CCOCC1)Nc1c[nH]c2cc(Cl)ccc2c1=O. The summed E-state index contributed by atoms with van der Waals surface area (Å²) in [5.41, 5.74) is 0.600. The van der Waals surface area contributed by atoms with Gasteiger partial charge in [-0.3, -0.25) is 9.69 Å². The zero-order valence-corrected chi connectivity index (χ0v) is 14.6. The molecular weight excluding hydrogens is 344 g/mol. The molecule has 25 heavy (non-hydrogen) atoms. The van der Waals surface area contributed by atoms with Crippen molar-refractivity contribution in [3.8, 4) is 0 Å². The maximum absolute atomic E-state index is 12.4. The van der Waals surface area contributed by atoms with Crippen molar-refractivity contribution in [1.29, 1.82) is 0 Å². The lowest BCUT2D eigenvalue weighted by molar-refractivity contribution is 0.0375. The van der Waals surface area contributed by atoms with E-state index in [1.165, 1.54) is 6.20 Å². The van der Waals surface area contributed by atoms with Gasteiger partial charge in [0.2, 0.25) is 5.43 Å². The lowest BCUT2D eigenvalue weighted by Gasteiger charge is -2.26. The standard InChI is InChI=1S/C17H21ClN4O3/c18-12-2-3-13-14(10-12)20-11-15(16(13)23)21-17(24)19-4-1-5-22-6-8-25-9-7-22/h2-3,10-11H,1,4-9H2,(H,20,23)(H2,19,21,24). The van der Waals surface area contributed by atoms with Crippen molar-refractivity contribution in [2.75, 3.05) is 44.7 Å². The summed E-state index contributed by atoms with van der Waals surface area (Å²) < 4.78 is 5.30.